The van der Waals surface area contributed by atoms with Crippen molar-refractivity contribution in [2.45, 2.75) is 26.3 Å². The zero-order chi connectivity index (χ0) is 14.4. The van der Waals surface area contributed by atoms with Crippen molar-refractivity contribution in [2.75, 3.05) is 38.6 Å². The molecule has 0 heterocycles. The van der Waals surface area contributed by atoms with Gasteiger partial charge < -0.3 is 15.5 Å². The lowest BCUT2D eigenvalue weighted by atomic mass is 10.1. The van der Waals surface area contributed by atoms with Crippen LogP contribution in [0.25, 0.3) is 0 Å². The number of nitrogens with zero attached hydrogens (tertiary/aromatic N) is 2. The summed E-state index contributed by atoms with van der Waals surface area (Å²) in [5, 5.41) is 0.818. The van der Waals surface area contributed by atoms with E-state index in [9.17, 15) is 0 Å². The van der Waals surface area contributed by atoms with Gasteiger partial charge in [-0.1, -0.05) is 17.7 Å². The molecule has 19 heavy (non-hydrogen) atoms. The summed E-state index contributed by atoms with van der Waals surface area (Å²) in [4.78, 5) is 4.58. The van der Waals surface area contributed by atoms with Gasteiger partial charge in [-0.2, -0.15) is 0 Å². The summed E-state index contributed by atoms with van der Waals surface area (Å²) in [6.07, 6.45) is 0.832. The topological polar surface area (TPSA) is 32.5 Å². The first kappa shape index (κ1) is 16.3. The summed E-state index contributed by atoms with van der Waals surface area (Å²) >= 11 is 6.33. The lowest BCUT2D eigenvalue weighted by Crippen LogP contribution is -2.40. The molecule has 0 aliphatic heterocycles. The molecule has 0 aliphatic rings. The molecule has 108 valence electrons. The second kappa shape index (κ2) is 7.73. The van der Waals surface area contributed by atoms with Crippen molar-refractivity contribution in [3.63, 3.8) is 0 Å². The van der Waals surface area contributed by atoms with Crippen LogP contribution in [0.5, 0.6) is 0 Å². The van der Waals surface area contributed by atoms with E-state index >= 15 is 0 Å². The molecule has 0 fully saturated rings. The number of rotatable bonds is 7. The second-order valence-corrected chi connectivity index (χ2v) is 5.62. The molecular formula is C15H26ClN3. The molecular weight excluding hydrogens is 258 g/mol. The Hall–Kier alpha value is -0.770. The van der Waals surface area contributed by atoms with Gasteiger partial charge in [0.2, 0.25) is 0 Å². The van der Waals surface area contributed by atoms with Crippen LogP contribution < -0.4 is 10.6 Å². The molecule has 1 aromatic rings. The molecule has 0 saturated carbocycles. The SMILES string of the molecule is CCN(c1ccc(CCN)c(Cl)c1)C(C)CN(C)C. The Labute approximate surface area is 122 Å². The van der Waals surface area contributed by atoms with Gasteiger partial charge in [-0.05, 0) is 58.6 Å². The fraction of sp³-hybridized carbons (Fsp3) is 0.600. The molecule has 0 saturated heterocycles. The van der Waals surface area contributed by atoms with E-state index in [0.29, 0.717) is 12.6 Å². The van der Waals surface area contributed by atoms with E-state index < -0.39 is 0 Å². The van der Waals surface area contributed by atoms with E-state index in [1.807, 2.05) is 0 Å². The average molecular weight is 284 g/mol. The predicted molar refractivity (Wildman–Crippen MR) is 85.2 cm³/mol. The van der Waals surface area contributed by atoms with Gasteiger partial charge in [-0.15, -0.1) is 0 Å². The summed E-state index contributed by atoms with van der Waals surface area (Å²) in [6.45, 7) is 7.05. The van der Waals surface area contributed by atoms with Gasteiger partial charge in [0, 0.05) is 29.8 Å². The molecule has 0 aliphatic carbocycles. The number of nitrogens with two attached hydrogens (primary N) is 1. The first-order valence-electron chi connectivity index (χ1n) is 6.89. The van der Waals surface area contributed by atoms with Crippen molar-refractivity contribution in [3.8, 4) is 0 Å². The maximum absolute atomic E-state index is 6.33. The van der Waals surface area contributed by atoms with E-state index in [-0.39, 0.29) is 0 Å². The number of hydrogen-bond donors (Lipinski definition) is 1. The quantitative estimate of drug-likeness (QED) is 0.835. The first-order valence-corrected chi connectivity index (χ1v) is 7.27. The first-order chi connectivity index (χ1) is 8.99. The lowest BCUT2D eigenvalue weighted by molar-refractivity contribution is 0.373. The average Bonchev–Trinajstić information content (AvgIpc) is 2.32. The third kappa shape index (κ3) is 4.68. The van der Waals surface area contributed by atoms with Gasteiger partial charge in [0.05, 0.1) is 0 Å². The Bertz CT molecular complexity index is 393. The predicted octanol–water partition coefficient (Wildman–Crippen LogP) is 2.62. The number of benzene rings is 1. The summed E-state index contributed by atoms with van der Waals surface area (Å²) in [5.41, 5.74) is 7.89. The summed E-state index contributed by atoms with van der Waals surface area (Å²) in [5.74, 6) is 0. The summed E-state index contributed by atoms with van der Waals surface area (Å²) in [7, 11) is 4.20. The van der Waals surface area contributed by atoms with Crippen molar-refractivity contribution < 1.29 is 0 Å². The van der Waals surface area contributed by atoms with Crippen LogP contribution in [-0.4, -0.2) is 44.7 Å². The maximum atomic E-state index is 6.33. The molecule has 0 amide bonds. The summed E-state index contributed by atoms with van der Waals surface area (Å²) < 4.78 is 0. The van der Waals surface area contributed by atoms with Crippen molar-refractivity contribution in [3.05, 3.63) is 28.8 Å². The monoisotopic (exact) mass is 283 g/mol. The number of likely N-dealkylation sites (N-methyl/N-ethyl adjacent to an activating group) is 2. The second-order valence-electron chi connectivity index (χ2n) is 5.21. The van der Waals surface area contributed by atoms with E-state index in [1.54, 1.807) is 0 Å². The zero-order valence-electron chi connectivity index (χ0n) is 12.5. The largest absolute Gasteiger partial charge is 0.368 e. The van der Waals surface area contributed by atoms with E-state index in [4.69, 9.17) is 17.3 Å². The van der Waals surface area contributed by atoms with Crippen molar-refractivity contribution in [1.29, 1.82) is 0 Å². The molecule has 2 N–H and O–H groups in total. The standard InChI is InChI=1S/C15H26ClN3/c1-5-19(12(2)11-18(3)4)14-7-6-13(8-9-17)15(16)10-14/h6-7,10,12H,5,8-9,11,17H2,1-4H3. The van der Waals surface area contributed by atoms with Crippen molar-refractivity contribution in [2.24, 2.45) is 5.73 Å². The normalized spacial score (nSPS) is 12.8. The molecule has 3 nitrogen and oxygen atoms in total. The smallest absolute Gasteiger partial charge is 0.0459 e. The fourth-order valence-corrected chi connectivity index (χ4v) is 2.72. The highest BCUT2D eigenvalue weighted by molar-refractivity contribution is 6.31. The molecule has 1 unspecified atom stereocenters. The highest BCUT2D eigenvalue weighted by Gasteiger charge is 2.14. The van der Waals surface area contributed by atoms with Gasteiger partial charge in [-0.3, -0.25) is 0 Å². The van der Waals surface area contributed by atoms with Crippen LogP contribution in [-0.2, 0) is 6.42 Å². The summed E-state index contributed by atoms with van der Waals surface area (Å²) in [6, 6.07) is 6.75. The Balaban J connectivity index is 2.89. The van der Waals surface area contributed by atoms with E-state index in [0.717, 1.165) is 30.1 Å². The highest BCUT2D eigenvalue weighted by atomic mass is 35.5. The van der Waals surface area contributed by atoms with Gasteiger partial charge in [0.25, 0.3) is 0 Å². The minimum atomic E-state index is 0.455. The van der Waals surface area contributed by atoms with Crippen LogP contribution in [0, 0.1) is 0 Å². The highest BCUT2D eigenvalue weighted by Crippen LogP contribution is 2.25. The van der Waals surface area contributed by atoms with Gasteiger partial charge in [0.15, 0.2) is 0 Å². The van der Waals surface area contributed by atoms with Crippen molar-refractivity contribution >= 4 is 17.3 Å². The molecule has 4 heteroatoms. The number of halogens is 1. The Kier molecular flexibility index (Phi) is 6.63. The van der Waals surface area contributed by atoms with Crippen LogP contribution >= 0.6 is 11.6 Å². The minimum absolute atomic E-state index is 0.455. The third-order valence-corrected chi connectivity index (χ3v) is 3.64. The van der Waals surface area contributed by atoms with Gasteiger partial charge >= 0.3 is 0 Å². The molecule has 0 aromatic heterocycles. The minimum Gasteiger partial charge on any atom is -0.368 e. The van der Waals surface area contributed by atoms with Crippen LogP contribution in [0.1, 0.15) is 19.4 Å². The van der Waals surface area contributed by atoms with Crippen LogP contribution in [0.2, 0.25) is 5.02 Å². The molecule has 1 rings (SSSR count). The molecule has 0 radical (unpaired) electrons. The Morgan fingerprint density at radius 1 is 1.32 bits per heavy atom. The van der Waals surface area contributed by atoms with E-state index in [1.165, 1.54) is 5.69 Å². The number of anilines is 1. The van der Waals surface area contributed by atoms with Crippen LogP contribution in [0.15, 0.2) is 18.2 Å². The Morgan fingerprint density at radius 3 is 2.47 bits per heavy atom. The Morgan fingerprint density at radius 2 is 2.00 bits per heavy atom. The fourth-order valence-electron chi connectivity index (χ4n) is 2.45. The maximum Gasteiger partial charge on any atom is 0.0459 e. The third-order valence-electron chi connectivity index (χ3n) is 3.28. The van der Waals surface area contributed by atoms with Crippen LogP contribution in [0.3, 0.4) is 0 Å². The number of hydrogen-bond acceptors (Lipinski definition) is 3. The zero-order valence-corrected chi connectivity index (χ0v) is 13.2. The molecule has 0 spiro atoms. The van der Waals surface area contributed by atoms with E-state index in [2.05, 4.69) is 55.9 Å². The lowest BCUT2D eigenvalue weighted by Gasteiger charge is -2.32. The van der Waals surface area contributed by atoms with Crippen LogP contribution in [0.4, 0.5) is 5.69 Å². The molecule has 1 atom stereocenters. The van der Waals surface area contributed by atoms with Gasteiger partial charge in [0.1, 0.15) is 0 Å². The molecule has 1 aromatic carbocycles. The molecule has 0 bridgehead atoms. The van der Waals surface area contributed by atoms with Crippen molar-refractivity contribution in [1.82, 2.24) is 4.90 Å². The van der Waals surface area contributed by atoms with Gasteiger partial charge in [-0.25, -0.2) is 0 Å².